The van der Waals surface area contributed by atoms with Crippen molar-refractivity contribution in [2.45, 2.75) is 50.4 Å². The minimum atomic E-state index is -4.95. The summed E-state index contributed by atoms with van der Waals surface area (Å²) in [6, 6.07) is 7.48. The van der Waals surface area contributed by atoms with Gasteiger partial charge in [-0.15, -0.1) is 0 Å². The fourth-order valence-corrected chi connectivity index (χ4v) is 3.51. The standard InChI is InChI=1S/C20H21F6N3O/c1-29(15-9-5-8-14(10-15)13-6-3-2-4-7-13)18-27-11-16(20(24,25)26)17(28-18)30-12-19(21,22)23/h5,8-11,13H,2-4,6-7,12H2,1H3. The first kappa shape index (κ1) is 22.2. The number of ether oxygens (including phenoxy) is 1. The lowest BCUT2D eigenvalue weighted by atomic mass is 9.84. The van der Waals surface area contributed by atoms with Crippen LogP contribution in [0.4, 0.5) is 38.0 Å². The molecular formula is C20H21F6N3O. The van der Waals surface area contributed by atoms with E-state index in [0.29, 0.717) is 17.8 Å². The van der Waals surface area contributed by atoms with Gasteiger partial charge >= 0.3 is 12.4 Å². The number of hydrogen-bond acceptors (Lipinski definition) is 4. The molecule has 0 saturated heterocycles. The Balaban J connectivity index is 1.89. The van der Waals surface area contributed by atoms with Crippen LogP contribution < -0.4 is 9.64 Å². The molecule has 1 aromatic carbocycles. The van der Waals surface area contributed by atoms with Gasteiger partial charge in [0, 0.05) is 18.9 Å². The van der Waals surface area contributed by atoms with Crippen LogP contribution in [0.2, 0.25) is 0 Å². The van der Waals surface area contributed by atoms with E-state index in [1.807, 2.05) is 18.2 Å². The molecule has 4 nitrogen and oxygen atoms in total. The molecule has 3 rings (SSSR count). The summed E-state index contributed by atoms with van der Waals surface area (Å²) in [6.45, 7) is -1.88. The van der Waals surface area contributed by atoms with Crippen molar-refractivity contribution in [2.24, 2.45) is 0 Å². The van der Waals surface area contributed by atoms with Gasteiger partial charge in [0.15, 0.2) is 6.61 Å². The second kappa shape index (κ2) is 8.69. The normalized spacial score (nSPS) is 15.8. The molecule has 1 aliphatic carbocycles. The zero-order valence-electron chi connectivity index (χ0n) is 16.2. The number of rotatable bonds is 5. The van der Waals surface area contributed by atoms with Crippen molar-refractivity contribution in [3.8, 4) is 5.88 Å². The third-order valence-corrected chi connectivity index (χ3v) is 5.05. The average Bonchev–Trinajstić information content (AvgIpc) is 2.71. The lowest BCUT2D eigenvalue weighted by molar-refractivity contribution is -0.159. The molecule has 30 heavy (non-hydrogen) atoms. The molecule has 2 aromatic rings. The zero-order valence-corrected chi connectivity index (χ0v) is 16.2. The van der Waals surface area contributed by atoms with E-state index in [1.165, 1.54) is 18.4 Å². The topological polar surface area (TPSA) is 38.2 Å². The van der Waals surface area contributed by atoms with Gasteiger partial charge in [-0.3, -0.25) is 0 Å². The van der Waals surface area contributed by atoms with Crippen LogP contribution in [0.25, 0.3) is 0 Å². The molecular weight excluding hydrogens is 412 g/mol. The van der Waals surface area contributed by atoms with E-state index in [0.717, 1.165) is 31.2 Å². The summed E-state index contributed by atoms with van der Waals surface area (Å²) < 4.78 is 81.1. The van der Waals surface area contributed by atoms with E-state index < -0.39 is 30.4 Å². The third kappa shape index (κ3) is 5.54. The lowest BCUT2D eigenvalue weighted by Crippen LogP contribution is -2.23. The Labute approximate surface area is 169 Å². The molecule has 0 bridgehead atoms. The van der Waals surface area contributed by atoms with Crippen LogP contribution in [0, 0.1) is 0 Å². The van der Waals surface area contributed by atoms with Crippen LogP contribution in [-0.4, -0.2) is 29.8 Å². The van der Waals surface area contributed by atoms with Crippen molar-refractivity contribution in [1.82, 2.24) is 9.97 Å². The van der Waals surface area contributed by atoms with Crippen molar-refractivity contribution in [3.63, 3.8) is 0 Å². The van der Waals surface area contributed by atoms with E-state index in [4.69, 9.17) is 0 Å². The fraction of sp³-hybridized carbons (Fsp3) is 0.500. The number of nitrogens with zero attached hydrogens (tertiary/aromatic N) is 3. The van der Waals surface area contributed by atoms with Gasteiger partial charge in [0.1, 0.15) is 5.56 Å². The molecule has 0 amide bonds. The molecule has 1 fully saturated rings. The van der Waals surface area contributed by atoms with E-state index in [1.54, 1.807) is 6.07 Å². The van der Waals surface area contributed by atoms with Gasteiger partial charge in [0.05, 0.1) is 0 Å². The molecule has 0 spiro atoms. The monoisotopic (exact) mass is 433 g/mol. The molecule has 1 heterocycles. The van der Waals surface area contributed by atoms with Crippen molar-refractivity contribution >= 4 is 11.6 Å². The summed E-state index contributed by atoms with van der Waals surface area (Å²) in [6.07, 6.45) is -3.67. The van der Waals surface area contributed by atoms with Gasteiger partial charge < -0.3 is 9.64 Å². The third-order valence-electron chi connectivity index (χ3n) is 5.05. The molecule has 1 aliphatic rings. The highest BCUT2D eigenvalue weighted by atomic mass is 19.4. The highest BCUT2D eigenvalue weighted by Crippen LogP contribution is 2.38. The van der Waals surface area contributed by atoms with Crippen LogP contribution in [0.15, 0.2) is 30.5 Å². The van der Waals surface area contributed by atoms with Gasteiger partial charge in [-0.25, -0.2) is 4.98 Å². The highest BCUT2D eigenvalue weighted by molar-refractivity contribution is 5.58. The predicted octanol–water partition coefficient (Wildman–Crippen LogP) is 6.25. The van der Waals surface area contributed by atoms with E-state index in [2.05, 4.69) is 14.7 Å². The maximum atomic E-state index is 13.1. The maximum absolute atomic E-state index is 13.1. The van der Waals surface area contributed by atoms with Gasteiger partial charge in [-0.2, -0.15) is 31.3 Å². The van der Waals surface area contributed by atoms with Crippen LogP contribution in [0.3, 0.4) is 0 Å². The summed E-state index contributed by atoms with van der Waals surface area (Å²) in [5.74, 6) is -0.938. The Hall–Kier alpha value is -2.52. The van der Waals surface area contributed by atoms with E-state index >= 15 is 0 Å². The largest absolute Gasteiger partial charge is 0.467 e. The van der Waals surface area contributed by atoms with Crippen molar-refractivity contribution in [3.05, 3.63) is 41.6 Å². The minimum absolute atomic E-state index is 0.194. The predicted molar refractivity (Wildman–Crippen MR) is 98.9 cm³/mol. The lowest BCUT2D eigenvalue weighted by Gasteiger charge is -2.24. The second-order valence-electron chi connectivity index (χ2n) is 7.28. The molecule has 0 N–H and O–H groups in total. The number of alkyl halides is 6. The summed E-state index contributed by atoms with van der Waals surface area (Å²) in [4.78, 5) is 8.76. The number of halogens is 6. The van der Waals surface area contributed by atoms with Gasteiger partial charge in [-0.1, -0.05) is 31.4 Å². The average molecular weight is 433 g/mol. The molecule has 0 atom stereocenters. The Kier molecular flexibility index (Phi) is 6.42. The maximum Gasteiger partial charge on any atom is 0.423 e. The van der Waals surface area contributed by atoms with Crippen molar-refractivity contribution < 1.29 is 31.1 Å². The summed E-state index contributed by atoms with van der Waals surface area (Å²) in [5, 5.41) is 0. The van der Waals surface area contributed by atoms with Gasteiger partial charge in [-0.05, 0) is 36.5 Å². The molecule has 10 heteroatoms. The van der Waals surface area contributed by atoms with Crippen molar-refractivity contribution in [2.75, 3.05) is 18.6 Å². The highest BCUT2D eigenvalue weighted by Gasteiger charge is 2.38. The van der Waals surface area contributed by atoms with Crippen LogP contribution in [0.1, 0.15) is 49.1 Å². The Morgan fingerprint density at radius 3 is 2.40 bits per heavy atom. The van der Waals surface area contributed by atoms with Gasteiger partial charge in [0.25, 0.3) is 0 Å². The van der Waals surface area contributed by atoms with Gasteiger partial charge in [0.2, 0.25) is 11.8 Å². The number of hydrogen-bond donors (Lipinski definition) is 0. The zero-order chi connectivity index (χ0) is 21.9. The molecule has 1 aromatic heterocycles. The summed E-state index contributed by atoms with van der Waals surface area (Å²) in [7, 11) is 1.54. The molecule has 0 radical (unpaired) electrons. The first-order valence-corrected chi connectivity index (χ1v) is 9.52. The number of aromatic nitrogens is 2. The Morgan fingerprint density at radius 1 is 1.07 bits per heavy atom. The summed E-state index contributed by atoms with van der Waals surface area (Å²) >= 11 is 0. The molecule has 0 aliphatic heterocycles. The Bertz CT molecular complexity index is 862. The number of benzene rings is 1. The fourth-order valence-electron chi connectivity index (χ4n) is 3.51. The van der Waals surface area contributed by atoms with Crippen molar-refractivity contribution in [1.29, 1.82) is 0 Å². The minimum Gasteiger partial charge on any atom is -0.467 e. The molecule has 0 unspecified atom stereocenters. The number of anilines is 2. The van der Waals surface area contributed by atoms with Crippen LogP contribution in [-0.2, 0) is 6.18 Å². The van der Waals surface area contributed by atoms with E-state index in [-0.39, 0.29) is 5.95 Å². The van der Waals surface area contributed by atoms with E-state index in [9.17, 15) is 26.3 Å². The first-order chi connectivity index (χ1) is 14.0. The molecule has 1 saturated carbocycles. The quantitative estimate of drug-likeness (QED) is 0.523. The summed E-state index contributed by atoms with van der Waals surface area (Å²) in [5.41, 5.74) is 0.277. The smallest absolute Gasteiger partial charge is 0.423 e. The van der Waals surface area contributed by atoms with Crippen LogP contribution >= 0.6 is 0 Å². The Morgan fingerprint density at radius 2 is 1.77 bits per heavy atom. The van der Waals surface area contributed by atoms with Crippen LogP contribution in [0.5, 0.6) is 5.88 Å². The SMILES string of the molecule is CN(c1cccc(C2CCCCC2)c1)c1ncc(C(F)(F)F)c(OCC(F)(F)F)n1. The first-order valence-electron chi connectivity index (χ1n) is 9.52. The second-order valence-corrected chi connectivity index (χ2v) is 7.28. The molecule has 164 valence electrons.